The van der Waals surface area contributed by atoms with Crippen LogP contribution in [0, 0.1) is 0 Å². The van der Waals surface area contributed by atoms with Crippen LogP contribution in [0.5, 0.6) is 0 Å². The lowest BCUT2D eigenvalue weighted by molar-refractivity contribution is 0.0955. The minimum absolute atomic E-state index is 0.0877. The summed E-state index contributed by atoms with van der Waals surface area (Å²) in [5, 5.41) is 8.48. The molecule has 0 fully saturated rings. The number of hydrogen-bond donors (Lipinski definition) is 3. The first-order valence-electron chi connectivity index (χ1n) is 9.78. The van der Waals surface area contributed by atoms with Gasteiger partial charge in [-0.3, -0.25) is 4.79 Å². The molecule has 2 aromatic rings. The van der Waals surface area contributed by atoms with E-state index >= 15 is 0 Å². The topological polar surface area (TPSA) is 70.2 Å². The van der Waals surface area contributed by atoms with Crippen molar-refractivity contribution < 1.29 is 9.59 Å². The Morgan fingerprint density at radius 3 is 2.00 bits per heavy atom. The van der Waals surface area contributed by atoms with Crippen LogP contribution in [0.2, 0.25) is 0 Å². The molecule has 0 radical (unpaired) electrons. The smallest absolute Gasteiger partial charge is 0.315 e. The quantitative estimate of drug-likeness (QED) is 0.683. The van der Waals surface area contributed by atoms with Gasteiger partial charge in [0.25, 0.3) is 5.91 Å². The zero-order valence-corrected chi connectivity index (χ0v) is 17.3. The molecule has 0 saturated heterocycles. The zero-order chi connectivity index (χ0) is 20.6. The summed E-state index contributed by atoms with van der Waals surface area (Å²) in [4.78, 5) is 23.7. The maximum Gasteiger partial charge on any atom is 0.315 e. The highest BCUT2D eigenvalue weighted by Gasteiger charge is 2.12. The van der Waals surface area contributed by atoms with Crippen LogP contribution in [-0.4, -0.2) is 25.0 Å². The van der Waals surface area contributed by atoms with E-state index in [1.54, 1.807) is 12.1 Å². The molecule has 2 aromatic carbocycles. The molecule has 0 aromatic heterocycles. The van der Waals surface area contributed by atoms with Crippen molar-refractivity contribution in [2.24, 2.45) is 0 Å². The zero-order valence-electron chi connectivity index (χ0n) is 17.3. The number of carbonyl (C=O) groups is 2. The Labute approximate surface area is 167 Å². The standard InChI is InChI=1S/C23H31N3O2/c1-5-24-21(27)19-10-6-18(7-11-19)16-26-22(28)25-15-14-17-8-12-20(13-9-17)23(2,3)4/h6-13H,5,14-16H2,1-4H3,(H,24,27)(H2,25,26,28). The number of rotatable bonds is 7. The van der Waals surface area contributed by atoms with Crippen LogP contribution in [0.25, 0.3) is 0 Å². The first-order chi connectivity index (χ1) is 13.3. The maximum absolute atomic E-state index is 12.0. The van der Waals surface area contributed by atoms with E-state index in [1.165, 1.54) is 11.1 Å². The van der Waals surface area contributed by atoms with Crippen molar-refractivity contribution >= 4 is 11.9 Å². The minimum atomic E-state index is -0.195. The van der Waals surface area contributed by atoms with E-state index in [2.05, 4.69) is 61.0 Å². The van der Waals surface area contributed by atoms with Crippen molar-refractivity contribution in [3.05, 3.63) is 70.8 Å². The van der Waals surface area contributed by atoms with E-state index in [9.17, 15) is 9.59 Å². The Morgan fingerprint density at radius 1 is 0.821 bits per heavy atom. The predicted molar refractivity (Wildman–Crippen MR) is 114 cm³/mol. The minimum Gasteiger partial charge on any atom is -0.352 e. The van der Waals surface area contributed by atoms with Crippen LogP contribution < -0.4 is 16.0 Å². The Morgan fingerprint density at radius 2 is 1.43 bits per heavy atom. The third kappa shape index (κ3) is 6.72. The highest BCUT2D eigenvalue weighted by Crippen LogP contribution is 2.22. The summed E-state index contributed by atoms with van der Waals surface area (Å²) in [6.07, 6.45) is 0.791. The summed E-state index contributed by atoms with van der Waals surface area (Å²) >= 11 is 0. The van der Waals surface area contributed by atoms with Gasteiger partial charge in [0, 0.05) is 25.2 Å². The van der Waals surface area contributed by atoms with Crippen molar-refractivity contribution in [3.8, 4) is 0 Å². The molecule has 0 atom stereocenters. The number of hydrogen-bond acceptors (Lipinski definition) is 2. The molecule has 0 aliphatic heterocycles. The van der Waals surface area contributed by atoms with Gasteiger partial charge >= 0.3 is 6.03 Å². The molecule has 2 rings (SSSR count). The van der Waals surface area contributed by atoms with Crippen molar-refractivity contribution in [2.75, 3.05) is 13.1 Å². The number of carbonyl (C=O) groups excluding carboxylic acids is 2. The molecule has 150 valence electrons. The fourth-order valence-corrected chi connectivity index (χ4v) is 2.77. The van der Waals surface area contributed by atoms with Gasteiger partial charge in [-0.05, 0) is 47.6 Å². The van der Waals surface area contributed by atoms with Crippen LogP contribution in [0.3, 0.4) is 0 Å². The molecule has 0 heterocycles. The molecule has 3 amide bonds. The Balaban J connectivity index is 1.72. The second kappa shape index (κ2) is 9.93. The van der Waals surface area contributed by atoms with Crippen LogP contribution >= 0.6 is 0 Å². The van der Waals surface area contributed by atoms with Crippen molar-refractivity contribution in [2.45, 2.75) is 46.1 Å². The number of benzene rings is 2. The van der Waals surface area contributed by atoms with E-state index in [-0.39, 0.29) is 17.4 Å². The average Bonchev–Trinajstić information content (AvgIpc) is 2.67. The summed E-state index contributed by atoms with van der Waals surface area (Å²) in [7, 11) is 0. The van der Waals surface area contributed by atoms with Crippen LogP contribution in [-0.2, 0) is 18.4 Å². The third-order valence-corrected chi connectivity index (χ3v) is 4.53. The van der Waals surface area contributed by atoms with Crippen LogP contribution in [0.4, 0.5) is 4.79 Å². The van der Waals surface area contributed by atoms with Gasteiger partial charge in [-0.25, -0.2) is 4.79 Å². The molecule has 5 nitrogen and oxygen atoms in total. The fourth-order valence-electron chi connectivity index (χ4n) is 2.77. The molecule has 28 heavy (non-hydrogen) atoms. The van der Waals surface area contributed by atoms with E-state index in [4.69, 9.17) is 0 Å². The summed E-state index contributed by atoms with van der Waals surface area (Å²) in [5.41, 5.74) is 4.22. The fraction of sp³-hybridized carbons (Fsp3) is 0.391. The second-order valence-corrected chi connectivity index (χ2v) is 7.86. The maximum atomic E-state index is 12.0. The number of amides is 3. The summed E-state index contributed by atoms with van der Waals surface area (Å²) in [6.45, 7) is 10.1. The molecule has 0 saturated carbocycles. The molecular weight excluding hydrogens is 350 g/mol. The predicted octanol–water partition coefficient (Wildman–Crippen LogP) is 3.78. The SMILES string of the molecule is CCNC(=O)c1ccc(CNC(=O)NCCc2ccc(C(C)(C)C)cc2)cc1. The lowest BCUT2D eigenvalue weighted by Gasteiger charge is -2.19. The first kappa shape index (κ1) is 21.5. The summed E-state index contributed by atoms with van der Waals surface area (Å²) < 4.78 is 0. The molecule has 0 aliphatic rings. The summed E-state index contributed by atoms with van der Waals surface area (Å²) in [6, 6.07) is 15.6. The molecule has 5 heteroatoms. The third-order valence-electron chi connectivity index (χ3n) is 4.53. The highest BCUT2D eigenvalue weighted by atomic mass is 16.2. The molecule has 0 unspecified atom stereocenters. The van der Waals surface area contributed by atoms with Gasteiger partial charge in [0.15, 0.2) is 0 Å². The molecular formula is C23H31N3O2. The van der Waals surface area contributed by atoms with Gasteiger partial charge in [-0.2, -0.15) is 0 Å². The van der Waals surface area contributed by atoms with Gasteiger partial charge in [-0.1, -0.05) is 57.2 Å². The van der Waals surface area contributed by atoms with E-state index in [0.717, 1.165) is 12.0 Å². The second-order valence-electron chi connectivity index (χ2n) is 7.86. The van der Waals surface area contributed by atoms with E-state index < -0.39 is 0 Å². The molecule has 0 bridgehead atoms. The van der Waals surface area contributed by atoms with Crippen molar-refractivity contribution in [1.29, 1.82) is 0 Å². The monoisotopic (exact) mass is 381 g/mol. The van der Waals surface area contributed by atoms with Gasteiger partial charge in [-0.15, -0.1) is 0 Å². The first-order valence-corrected chi connectivity index (χ1v) is 9.78. The Bertz CT molecular complexity index is 775. The average molecular weight is 382 g/mol. The lowest BCUT2D eigenvalue weighted by atomic mass is 9.86. The van der Waals surface area contributed by atoms with E-state index in [0.29, 0.717) is 25.2 Å². The Kier molecular flexibility index (Phi) is 7.61. The van der Waals surface area contributed by atoms with Gasteiger partial charge < -0.3 is 16.0 Å². The Hall–Kier alpha value is -2.82. The van der Waals surface area contributed by atoms with E-state index in [1.807, 2.05) is 19.1 Å². The van der Waals surface area contributed by atoms with Crippen molar-refractivity contribution in [3.63, 3.8) is 0 Å². The molecule has 3 N–H and O–H groups in total. The van der Waals surface area contributed by atoms with Crippen LogP contribution in [0.1, 0.15) is 54.7 Å². The summed E-state index contributed by atoms with van der Waals surface area (Å²) in [5.74, 6) is -0.0877. The van der Waals surface area contributed by atoms with Gasteiger partial charge in [0.05, 0.1) is 0 Å². The molecule has 0 aliphatic carbocycles. The van der Waals surface area contributed by atoms with Gasteiger partial charge in [0.1, 0.15) is 0 Å². The highest BCUT2D eigenvalue weighted by molar-refractivity contribution is 5.94. The number of urea groups is 1. The lowest BCUT2D eigenvalue weighted by Crippen LogP contribution is -2.36. The molecule has 0 spiro atoms. The van der Waals surface area contributed by atoms with Crippen molar-refractivity contribution in [1.82, 2.24) is 16.0 Å². The van der Waals surface area contributed by atoms with Crippen LogP contribution in [0.15, 0.2) is 48.5 Å². The largest absolute Gasteiger partial charge is 0.352 e. The van der Waals surface area contributed by atoms with Gasteiger partial charge in [0.2, 0.25) is 0 Å². The normalized spacial score (nSPS) is 11.0. The number of nitrogens with one attached hydrogen (secondary N) is 3.